The smallest absolute Gasteiger partial charge is 0.0991 e. The lowest BCUT2D eigenvalue weighted by Gasteiger charge is -2.09. The number of hydrogen-bond donors (Lipinski definition) is 0. The molecule has 1 aromatic heterocycles. The molecule has 0 bridgehead atoms. The highest BCUT2D eigenvalue weighted by Gasteiger charge is 2.05. The molecule has 0 unspecified atom stereocenters. The molecule has 0 aliphatic heterocycles. The van der Waals surface area contributed by atoms with Crippen LogP contribution < -0.4 is 0 Å². The Kier molecular flexibility index (Phi) is 3.98. The zero-order chi connectivity index (χ0) is 15.4. The minimum atomic E-state index is 0.667. The molecule has 0 amide bonds. The molecular formula is C20H16N2. The van der Waals surface area contributed by atoms with Gasteiger partial charge in [-0.25, -0.2) is 0 Å². The normalized spacial score (nSPS) is 10.2. The maximum atomic E-state index is 8.88. The lowest BCUT2D eigenvalue weighted by molar-refractivity contribution is 1.12. The van der Waals surface area contributed by atoms with Crippen LogP contribution in [-0.2, 0) is 6.42 Å². The van der Waals surface area contributed by atoms with Crippen LogP contribution in [0.25, 0.3) is 11.3 Å². The van der Waals surface area contributed by atoms with Gasteiger partial charge in [-0.3, -0.25) is 4.98 Å². The molecule has 0 spiro atoms. The second-order valence-electron chi connectivity index (χ2n) is 5.35. The van der Waals surface area contributed by atoms with Crippen LogP contribution in [0.2, 0.25) is 0 Å². The van der Waals surface area contributed by atoms with Crippen LogP contribution in [0.1, 0.15) is 22.3 Å². The Morgan fingerprint density at radius 3 is 2.41 bits per heavy atom. The summed E-state index contributed by atoms with van der Waals surface area (Å²) in [5, 5.41) is 8.88. The highest BCUT2D eigenvalue weighted by atomic mass is 14.7. The standard InChI is InChI=1S/C20H16N2/c1-15-14-22-20(18-9-7-17(13-21)8-10-18)12-19(15)11-16-5-3-2-4-6-16/h2-10,12,14H,11H2,1H3. The van der Waals surface area contributed by atoms with Gasteiger partial charge < -0.3 is 0 Å². The third kappa shape index (κ3) is 3.05. The Hall–Kier alpha value is -2.92. The predicted octanol–water partition coefficient (Wildman–Crippen LogP) is 4.52. The van der Waals surface area contributed by atoms with Crippen LogP contribution in [0.3, 0.4) is 0 Å². The summed E-state index contributed by atoms with van der Waals surface area (Å²) in [5.41, 5.74) is 6.42. The summed E-state index contributed by atoms with van der Waals surface area (Å²) in [6.45, 7) is 2.09. The van der Waals surface area contributed by atoms with Gasteiger partial charge in [0, 0.05) is 11.8 Å². The van der Waals surface area contributed by atoms with E-state index in [1.165, 1.54) is 16.7 Å². The monoisotopic (exact) mass is 284 g/mol. The van der Waals surface area contributed by atoms with Gasteiger partial charge >= 0.3 is 0 Å². The molecule has 1 heterocycles. The minimum absolute atomic E-state index is 0.667. The molecule has 3 aromatic rings. The minimum Gasteiger partial charge on any atom is -0.256 e. The molecule has 0 fully saturated rings. The third-order valence-corrected chi connectivity index (χ3v) is 3.76. The average Bonchev–Trinajstić information content (AvgIpc) is 2.58. The molecular weight excluding hydrogens is 268 g/mol. The lowest BCUT2D eigenvalue weighted by Crippen LogP contribution is -1.95. The predicted molar refractivity (Wildman–Crippen MR) is 88.4 cm³/mol. The summed E-state index contributed by atoms with van der Waals surface area (Å²) in [7, 11) is 0. The van der Waals surface area contributed by atoms with Crippen molar-refractivity contribution in [3.05, 3.63) is 89.1 Å². The fourth-order valence-corrected chi connectivity index (χ4v) is 2.45. The van der Waals surface area contributed by atoms with Crippen molar-refractivity contribution in [2.24, 2.45) is 0 Å². The van der Waals surface area contributed by atoms with Crippen molar-refractivity contribution >= 4 is 0 Å². The van der Waals surface area contributed by atoms with Gasteiger partial charge in [0.15, 0.2) is 0 Å². The van der Waals surface area contributed by atoms with Gasteiger partial charge in [0.25, 0.3) is 0 Å². The molecule has 2 aromatic carbocycles. The van der Waals surface area contributed by atoms with Crippen LogP contribution in [-0.4, -0.2) is 4.98 Å². The molecule has 0 aliphatic rings. The molecule has 22 heavy (non-hydrogen) atoms. The summed E-state index contributed by atoms with van der Waals surface area (Å²) in [6, 6.07) is 22.3. The van der Waals surface area contributed by atoms with Gasteiger partial charge in [0.2, 0.25) is 0 Å². The number of aromatic nitrogens is 1. The van der Waals surface area contributed by atoms with E-state index >= 15 is 0 Å². The van der Waals surface area contributed by atoms with Crippen molar-refractivity contribution in [1.82, 2.24) is 4.98 Å². The van der Waals surface area contributed by atoms with E-state index in [-0.39, 0.29) is 0 Å². The maximum Gasteiger partial charge on any atom is 0.0991 e. The molecule has 2 nitrogen and oxygen atoms in total. The van der Waals surface area contributed by atoms with E-state index in [2.05, 4.69) is 48.3 Å². The van der Waals surface area contributed by atoms with Crippen LogP contribution in [0.15, 0.2) is 66.9 Å². The zero-order valence-corrected chi connectivity index (χ0v) is 12.5. The van der Waals surface area contributed by atoms with Gasteiger partial charge in [-0.1, -0.05) is 42.5 Å². The number of rotatable bonds is 3. The second-order valence-corrected chi connectivity index (χ2v) is 5.35. The first kappa shape index (κ1) is 14.0. The Morgan fingerprint density at radius 1 is 1.00 bits per heavy atom. The highest BCUT2D eigenvalue weighted by Crippen LogP contribution is 2.22. The van der Waals surface area contributed by atoms with E-state index in [0.29, 0.717) is 5.56 Å². The summed E-state index contributed by atoms with van der Waals surface area (Å²) in [4.78, 5) is 4.52. The number of aryl methyl sites for hydroxylation is 1. The van der Waals surface area contributed by atoms with Crippen LogP contribution in [0.4, 0.5) is 0 Å². The Labute approximate surface area is 130 Å². The molecule has 0 radical (unpaired) electrons. The summed E-state index contributed by atoms with van der Waals surface area (Å²) in [5.74, 6) is 0. The number of benzene rings is 2. The highest BCUT2D eigenvalue weighted by molar-refractivity contribution is 5.61. The molecule has 2 heteroatoms. The first-order valence-electron chi connectivity index (χ1n) is 7.26. The number of pyridine rings is 1. The summed E-state index contributed by atoms with van der Waals surface area (Å²) < 4.78 is 0. The third-order valence-electron chi connectivity index (χ3n) is 3.76. The molecule has 0 atom stereocenters. The lowest BCUT2D eigenvalue weighted by atomic mass is 9.99. The van der Waals surface area contributed by atoms with Crippen LogP contribution >= 0.6 is 0 Å². The largest absolute Gasteiger partial charge is 0.256 e. The Morgan fingerprint density at radius 2 is 1.73 bits per heavy atom. The van der Waals surface area contributed by atoms with Crippen molar-refractivity contribution in [3.8, 4) is 17.3 Å². The molecule has 0 N–H and O–H groups in total. The molecule has 0 saturated carbocycles. The van der Waals surface area contributed by atoms with Crippen molar-refractivity contribution < 1.29 is 0 Å². The first-order chi connectivity index (χ1) is 10.8. The van der Waals surface area contributed by atoms with E-state index in [4.69, 9.17) is 5.26 Å². The van der Waals surface area contributed by atoms with Gasteiger partial charge in [0.1, 0.15) is 0 Å². The number of nitrogens with zero attached hydrogens (tertiary/aromatic N) is 2. The van der Waals surface area contributed by atoms with Gasteiger partial charge in [-0.2, -0.15) is 5.26 Å². The number of hydrogen-bond acceptors (Lipinski definition) is 2. The van der Waals surface area contributed by atoms with E-state index in [0.717, 1.165) is 17.7 Å². The van der Waals surface area contributed by atoms with Crippen LogP contribution in [0, 0.1) is 18.3 Å². The SMILES string of the molecule is Cc1cnc(-c2ccc(C#N)cc2)cc1Cc1ccccc1. The Bertz CT molecular complexity index is 813. The summed E-state index contributed by atoms with van der Waals surface area (Å²) in [6.07, 6.45) is 2.82. The topological polar surface area (TPSA) is 36.7 Å². The Balaban J connectivity index is 1.93. The zero-order valence-electron chi connectivity index (χ0n) is 12.5. The van der Waals surface area contributed by atoms with Crippen LogP contribution in [0.5, 0.6) is 0 Å². The van der Waals surface area contributed by atoms with E-state index < -0.39 is 0 Å². The van der Waals surface area contributed by atoms with E-state index in [9.17, 15) is 0 Å². The molecule has 0 saturated heterocycles. The molecule has 0 aliphatic carbocycles. The van der Waals surface area contributed by atoms with Gasteiger partial charge in [-0.15, -0.1) is 0 Å². The second kappa shape index (κ2) is 6.24. The fourth-order valence-electron chi connectivity index (χ4n) is 2.45. The average molecular weight is 284 g/mol. The van der Waals surface area contributed by atoms with Crippen molar-refractivity contribution in [2.45, 2.75) is 13.3 Å². The maximum absolute atomic E-state index is 8.88. The first-order valence-corrected chi connectivity index (χ1v) is 7.26. The van der Waals surface area contributed by atoms with Crippen molar-refractivity contribution in [1.29, 1.82) is 5.26 Å². The van der Waals surface area contributed by atoms with Gasteiger partial charge in [0.05, 0.1) is 17.3 Å². The fraction of sp³-hybridized carbons (Fsp3) is 0.100. The molecule has 106 valence electrons. The number of nitriles is 1. The van der Waals surface area contributed by atoms with E-state index in [1.54, 1.807) is 0 Å². The van der Waals surface area contributed by atoms with Crippen molar-refractivity contribution in [2.75, 3.05) is 0 Å². The van der Waals surface area contributed by atoms with E-state index in [1.807, 2.05) is 36.5 Å². The van der Waals surface area contributed by atoms with Gasteiger partial charge in [-0.05, 0) is 48.2 Å². The molecule has 3 rings (SSSR count). The quantitative estimate of drug-likeness (QED) is 0.709. The summed E-state index contributed by atoms with van der Waals surface area (Å²) >= 11 is 0. The van der Waals surface area contributed by atoms with Crippen molar-refractivity contribution in [3.63, 3.8) is 0 Å².